The van der Waals surface area contributed by atoms with Crippen molar-refractivity contribution >= 4 is 23.6 Å². The fraction of sp³-hybridized carbons (Fsp3) is 0.308. The molecule has 1 heterocycles. The van der Waals surface area contributed by atoms with Gasteiger partial charge < -0.3 is 10.0 Å². The number of rotatable bonds is 2. The largest absolute Gasteiger partial charge is 0.391 e. The molecule has 0 aromatic heterocycles. The molecule has 1 fully saturated rings. The minimum absolute atomic E-state index is 0.201. The molecular weight excluding hydrogens is 257 g/mol. The van der Waals surface area contributed by atoms with E-state index in [0.29, 0.717) is 19.5 Å². The molecule has 1 aliphatic heterocycles. The molecule has 0 spiro atoms. The second kappa shape index (κ2) is 5.50. The van der Waals surface area contributed by atoms with E-state index in [4.69, 9.17) is 11.6 Å². The van der Waals surface area contributed by atoms with Gasteiger partial charge in [-0.1, -0.05) is 17.7 Å². The average molecular weight is 270 g/mol. The van der Waals surface area contributed by atoms with E-state index in [2.05, 4.69) is 0 Å². The summed E-state index contributed by atoms with van der Waals surface area (Å²) in [5.74, 6) is -0.709. The Morgan fingerprint density at radius 2 is 2.33 bits per heavy atom. The Kier molecular flexibility index (Phi) is 3.99. The first-order chi connectivity index (χ1) is 8.58. The summed E-state index contributed by atoms with van der Waals surface area (Å²) >= 11 is 5.84. The van der Waals surface area contributed by atoms with E-state index in [9.17, 15) is 14.3 Å². The monoisotopic (exact) mass is 269 g/mol. The topological polar surface area (TPSA) is 40.5 Å². The predicted molar refractivity (Wildman–Crippen MR) is 67.6 cm³/mol. The van der Waals surface area contributed by atoms with Gasteiger partial charge in [-0.2, -0.15) is 0 Å². The third-order valence-corrected chi connectivity index (χ3v) is 3.20. The summed E-state index contributed by atoms with van der Waals surface area (Å²) < 4.78 is 13.4. The minimum Gasteiger partial charge on any atom is -0.391 e. The molecule has 1 saturated heterocycles. The number of nitrogens with zero attached hydrogens (tertiary/aromatic N) is 1. The summed E-state index contributed by atoms with van der Waals surface area (Å²) in [6, 6.07) is 4.36. The minimum atomic E-state index is -0.465. The van der Waals surface area contributed by atoms with E-state index in [0.717, 1.165) is 0 Å². The summed E-state index contributed by atoms with van der Waals surface area (Å²) in [5, 5.41) is 9.59. The Hall–Kier alpha value is -1.39. The number of likely N-dealkylation sites (tertiary alicyclic amines) is 1. The van der Waals surface area contributed by atoms with E-state index in [1.165, 1.54) is 29.2 Å². The van der Waals surface area contributed by atoms with Crippen LogP contribution in [-0.2, 0) is 4.79 Å². The van der Waals surface area contributed by atoms with Crippen LogP contribution in [0.2, 0.25) is 5.02 Å². The SMILES string of the molecule is O=C(C=Cc1c(F)cccc1Cl)N1CC[C@@H](O)C1. The Labute approximate surface area is 109 Å². The van der Waals surface area contributed by atoms with Gasteiger partial charge in [-0.05, 0) is 24.6 Å². The van der Waals surface area contributed by atoms with Crippen LogP contribution in [0.4, 0.5) is 4.39 Å². The lowest BCUT2D eigenvalue weighted by Crippen LogP contribution is -2.27. The number of amides is 1. The predicted octanol–water partition coefficient (Wildman–Crippen LogP) is 2.09. The summed E-state index contributed by atoms with van der Waals surface area (Å²) in [7, 11) is 0. The van der Waals surface area contributed by atoms with Crippen molar-refractivity contribution < 1.29 is 14.3 Å². The van der Waals surface area contributed by atoms with E-state index >= 15 is 0 Å². The maximum Gasteiger partial charge on any atom is 0.246 e. The average Bonchev–Trinajstić information content (AvgIpc) is 2.75. The fourth-order valence-corrected chi connectivity index (χ4v) is 2.10. The first-order valence-corrected chi connectivity index (χ1v) is 6.05. The van der Waals surface area contributed by atoms with Crippen LogP contribution < -0.4 is 0 Å². The quantitative estimate of drug-likeness (QED) is 0.835. The van der Waals surface area contributed by atoms with Crippen LogP contribution in [0.5, 0.6) is 0 Å². The van der Waals surface area contributed by atoms with Gasteiger partial charge in [0.05, 0.1) is 11.1 Å². The van der Waals surface area contributed by atoms with E-state index in [-0.39, 0.29) is 16.5 Å². The number of hydrogen-bond donors (Lipinski definition) is 1. The van der Waals surface area contributed by atoms with Crippen molar-refractivity contribution in [3.05, 3.63) is 40.7 Å². The van der Waals surface area contributed by atoms with E-state index < -0.39 is 11.9 Å². The molecule has 18 heavy (non-hydrogen) atoms. The van der Waals surface area contributed by atoms with Crippen LogP contribution in [0.3, 0.4) is 0 Å². The van der Waals surface area contributed by atoms with E-state index in [1.54, 1.807) is 6.07 Å². The molecule has 0 saturated carbocycles. The normalized spacial score (nSPS) is 19.7. The molecule has 2 rings (SSSR count). The number of carbonyl (C=O) groups is 1. The van der Waals surface area contributed by atoms with E-state index in [1.807, 2.05) is 0 Å². The molecule has 1 amide bonds. The summed E-state index contributed by atoms with van der Waals surface area (Å²) in [6.07, 6.45) is 2.77. The van der Waals surface area contributed by atoms with Gasteiger partial charge in [-0.15, -0.1) is 0 Å². The van der Waals surface area contributed by atoms with Crippen molar-refractivity contribution in [2.45, 2.75) is 12.5 Å². The van der Waals surface area contributed by atoms with Crippen LogP contribution in [0.1, 0.15) is 12.0 Å². The zero-order valence-corrected chi connectivity index (χ0v) is 10.4. The molecule has 1 aromatic carbocycles. The van der Waals surface area contributed by atoms with Crippen LogP contribution in [0.25, 0.3) is 6.08 Å². The van der Waals surface area contributed by atoms with Crippen LogP contribution in [0, 0.1) is 5.82 Å². The number of hydrogen-bond acceptors (Lipinski definition) is 2. The van der Waals surface area contributed by atoms with Gasteiger partial charge in [0.1, 0.15) is 5.82 Å². The molecular formula is C13H13ClFNO2. The molecule has 0 unspecified atom stereocenters. The molecule has 1 aromatic rings. The van der Waals surface area contributed by atoms with Gasteiger partial charge >= 0.3 is 0 Å². The maximum atomic E-state index is 13.4. The van der Waals surface area contributed by atoms with Gasteiger partial charge in [-0.3, -0.25) is 4.79 Å². The molecule has 0 bridgehead atoms. The molecule has 96 valence electrons. The number of β-amino-alcohol motifs (C(OH)–C–C–N with tert-alkyl or cyclic N) is 1. The van der Waals surface area contributed by atoms with Gasteiger partial charge in [0.25, 0.3) is 0 Å². The number of aliphatic hydroxyl groups is 1. The van der Waals surface area contributed by atoms with Crippen molar-refractivity contribution in [3.63, 3.8) is 0 Å². The molecule has 0 radical (unpaired) electrons. The summed E-state index contributed by atoms with van der Waals surface area (Å²) in [4.78, 5) is 13.3. The zero-order valence-electron chi connectivity index (χ0n) is 9.64. The highest BCUT2D eigenvalue weighted by Crippen LogP contribution is 2.20. The maximum absolute atomic E-state index is 13.4. The first kappa shape index (κ1) is 13.1. The Balaban J connectivity index is 2.09. The standard InChI is InChI=1S/C13H13ClFNO2/c14-11-2-1-3-12(15)10(11)4-5-13(18)16-7-6-9(17)8-16/h1-5,9,17H,6-8H2/t9-/m1/s1. The first-order valence-electron chi connectivity index (χ1n) is 5.67. The van der Waals surface area contributed by atoms with Gasteiger partial charge in [0.2, 0.25) is 5.91 Å². The molecule has 5 heteroatoms. The van der Waals surface area contributed by atoms with Gasteiger partial charge in [0, 0.05) is 24.7 Å². The van der Waals surface area contributed by atoms with Crippen molar-refractivity contribution in [3.8, 4) is 0 Å². The molecule has 1 aliphatic rings. The molecule has 3 nitrogen and oxygen atoms in total. The Bertz CT molecular complexity index is 470. The zero-order chi connectivity index (χ0) is 13.1. The van der Waals surface area contributed by atoms with Crippen LogP contribution >= 0.6 is 11.6 Å². The van der Waals surface area contributed by atoms with Crippen molar-refractivity contribution in [2.75, 3.05) is 13.1 Å². The number of carbonyl (C=O) groups excluding carboxylic acids is 1. The highest BCUT2D eigenvalue weighted by atomic mass is 35.5. The number of benzene rings is 1. The second-order valence-electron chi connectivity index (χ2n) is 4.20. The van der Waals surface area contributed by atoms with Gasteiger partial charge in [-0.25, -0.2) is 4.39 Å². The number of halogens is 2. The highest BCUT2D eigenvalue weighted by molar-refractivity contribution is 6.32. The third kappa shape index (κ3) is 2.89. The Morgan fingerprint density at radius 1 is 1.56 bits per heavy atom. The second-order valence-corrected chi connectivity index (χ2v) is 4.60. The lowest BCUT2D eigenvalue weighted by atomic mass is 10.2. The van der Waals surface area contributed by atoms with Crippen molar-refractivity contribution in [2.24, 2.45) is 0 Å². The fourth-order valence-electron chi connectivity index (χ4n) is 1.87. The molecule has 1 N–H and O–H groups in total. The van der Waals surface area contributed by atoms with Crippen LogP contribution in [0.15, 0.2) is 24.3 Å². The molecule has 0 aliphatic carbocycles. The van der Waals surface area contributed by atoms with Crippen LogP contribution in [-0.4, -0.2) is 35.1 Å². The van der Waals surface area contributed by atoms with Gasteiger partial charge in [0.15, 0.2) is 0 Å². The smallest absolute Gasteiger partial charge is 0.246 e. The lowest BCUT2D eigenvalue weighted by molar-refractivity contribution is -0.125. The lowest BCUT2D eigenvalue weighted by Gasteiger charge is -2.12. The highest BCUT2D eigenvalue weighted by Gasteiger charge is 2.22. The van der Waals surface area contributed by atoms with Crippen molar-refractivity contribution in [1.82, 2.24) is 4.90 Å². The summed E-state index contributed by atoms with van der Waals surface area (Å²) in [5.41, 5.74) is 0.201. The Morgan fingerprint density at radius 3 is 2.94 bits per heavy atom. The van der Waals surface area contributed by atoms with Crippen molar-refractivity contribution in [1.29, 1.82) is 0 Å². The number of aliphatic hydroxyl groups excluding tert-OH is 1. The summed E-state index contributed by atoms with van der Waals surface area (Å²) in [6.45, 7) is 0.851. The third-order valence-electron chi connectivity index (χ3n) is 2.87. The molecule has 1 atom stereocenters.